The van der Waals surface area contributed by atoms with Crippen molar-refractivity contribution in [2.45, 2.75) is 0 Å². The van der Waals surface area contributed by atoms with E-state index in [1.54, 1.807) is 0 Å². The number of rotatable bonds is 2. The second-order valence-electron chi connectivity index (χ2n) is 8.95. The first-order chi connectivity index (χ1) is 18.7. The number of nitriles is 4. The van der Waals surface area contributed by atoms with Gasteiger partial charge < -0.3 is 0 Å². The van der Waals surface area contributed by atoms with Crippen LogP contribution in [0.2, 0.25) is 0 Å². The predicted molar refractivity (Wildman–Crippen MR) is 147 cm³/mol. The molecular formula is C34H16N4. The van der Waals surface area contributed by atoms with Crippen LogP contribution in [0.4, 0.5) is 0 Å². The molecule has 4 aromatic carbocycles. The zero-order valence-corrected chi connectivity index (χ0v) is 20.0. The lowest BCUT2D eigenvalue weighted by Gasteiger charge is -2.15. The molecule has 2 aliphatic carbocycles. The van der Waals surface area contributed by atoms with Gasteiger partial charge in [-0.1, -0.05) is 84.9 Å². The molecule has 4 heteroatoms. The Balaban J connectivity index is 1.67. The van der Waals surface area contributed by atoms with E-state index in [1.807, 2.05) is 97.1 Å². The van der Waals surface area contributed by atoms with Crippen molar-refractivity contribution in [1.82, 2.24) is 0 Å². The zero-order valence-electron chi connectivity index (χ0n) is 20.0. The van der Waals surface area contributed by atoms with Crippen LogP contribution in [0.15, 0.2) is 108 Å². The summed E-state index contributed by atoms with van der Waals surface area (Å²) in [6.07, 6.45) is 0. The molecule has 4 aromatic rings. The highest BCUT2D eigenvalue weighted by molar-refractivity contribution is 6.38. The molecular weight excluding hydrogens is 464 g/mol. The van der Waals surface area contributed by atoms with Crippen molar-refractivity contribution in [3.8, 4) is 46.5 Å². The Hall–Kier alpha value is -5.94. The first kappa shape index (κ1) is 22.5. The lowest BCUT2D eigenvalue weighted by Crippen LogP contribution is -1.97. The van der Waals surface area contributed by atoms with Crippen LogP contribution in [0.3, 0.4) is 0 Å². The lowest BCUT2D eigenvalue weighted by molar-refractivity contribution is 1.45. The Labute approximate surface area is 220 Å². The van der Waals surface area contributed by atoms with E-state index in [9.17, 15) is 21.0 Å². The van der Waals surface area contributed by atoms with E-state index in [2.05, 4.69) is 24.3 Å². The van der Waals surface area contributed by atoms with E-state index in [-0.39, 0.29) is 11.1 Å². The summed E-state index contributed by atoms with van der Waals surface area (Å²) < 4.78 is 0. The van der Waals surface area contributed by atoms with Crippen molar-refractivity contribution in [1.29, 1.82) is 21.0 Å². The van der Waals surface area contributed by atoms with Crippen LogP contribution in [-0.2, 0) is 0 Å². The average Bonchev–Trinajstić information content (AvgIpc) is 3.48. The number of allylic oxidation sites excluding steroid dienone is 6. The fraction of sp³-hybridized carbons (Fsp3) is 0. The molecule has 0 fully saturated rings. The van der Waals surface area contributed by atoms with Crippen molar-refractivity contribution in [3.63, 3.8) is 0 Å². The van der Waals surface area contributed by atoms with Gasteiger partial charge in [0.25, 0.3) is 0 Å². The Bertz CT molecular complexity index is 1750. The van der Waals surface area contributed by atoms with Gasteiger partial charge in [-0.15, -0.1) is 0 Å². The minimum Gasteiger partial charge on any atom is -0.192 e. The number of benzene rings is 4. The molecule has 0 heterocycles. The molecule has 6 rings (SSSR count). The summed E-state index contributed by atoms with van der Waals surface area (Å²) >= 11 is 0. The first-order valence-electron chi connectivity index (χ1n) is 11.9. The number of hydrogen-bond acceptors (Lipinski definition) is 4. The highest BCUT2D eigenvalue weighted by Crippen LogP contribution is 2.59. The predicted octanol–water partition coefficient (Wildman–Crippen LogP) is 7.56. The molecule has 172 valence electrons. The maximum absolute atomic E-state index is 9.96. The van der Waals surface area contributed by atoms with Crippen LogP contribution in [0.5, 0.6) is 0 Å². The third-order valence-corrected chi connectivity index (χ3v) is 7.03. The summed E-state index contributed by atoms with van der Waals surface area (Å²) in [6, 6.07) is 40.0. The molecule has 38 heavy (non-hydrogen) atoms. The smallest absolute Gasteiger partial charge is 0.138 e. The highest BCUT2D eigenvalue weighted by atomic mass is 14.4. The summed E-state index contributed by atoms with van der Waals surface area (Å²) in [4.78, 5) is 0. The molecule has 2 aliphatic rings. The van der Waals surface area contributed by atoms with E-state index >= 15 is 0 Å². The van der Waals surface area contributed by atoms with E-state index in [4.69, 9.17) is 0 Å². The molecule has 0 atom stereocenters. The van der Waals surface area contributed by atoms with Gasteiger partial charge in [-0.3, -0.25) is 0 Å². The fourth-order valence-corrected chi connectivity index (χ4v) is 5.41. The van der Waals surface area contributed by atoms with Crippen molar-refractivity contribution in [2.75, 3.05) is 0 Å². The van der Waals surface area contributed by atoms with Crippen molar-refractivity contribution in [3.05, 3.63) is 130 Å². The Morgan fingerprint density at radius 1 is 0.395 bits per heavy atom. The van der Waals surface area contributed by atoms with Gasteiger partial charge in [-0.25, -0.2) is 0 Å². The summed E-state index contributed by atoms with van der Waals surface area (Å²) in [7, 11) is 0. The SMILES string of the molecule is N#CC(C#N)=C1C2=C(C(=C(C#N)C#N)c3cc(-c4ccccc4)ccc32)c2ccc(-c3ccccc3)cc21. The second-order valence-corrected chi connectivity index (χ2v) is 8.95. The summed E-state index contributed by atoms with van der Waals surface area (Å²) in [5, 5.41) is 39.8. The number of fused-ring (bicyclic) bond motifs is 4. The van der Waals surface area contributed by atoms with E-state index in [0.717, 1.165) is 55.7 Å². The number of nitrogens with zero attached hydrogens (tertiary/aromatic N) is 4. The van der Waals surface area contributed by atoms with Gasteiger partial charge in [-0.05, 0) is 56.6 Å². The maximum Gasteiger partial charge on any atom is 0.138 e. The standard InChI is InChI=1S/C34H16N4/c35-17-25(18-36)31-29-15-23(21-7-3-1-4-8-21)11-13-27(29)33-32(26(19-37)20-38)30-16-24(12-14-28(30)34(31)33)22-9-5-2-6-10-22/h1-16H. The zero-order chi connectivity index (χ0) is 26.2. The highest BCUT2D eigenvalue weighted by Gasteiger charge is 2.40. The largest absolute Gasteiger partial charge is 0.192 e. The first-order valence-corrected chi connectivity index (χ1v) is 11.9. The topological polar surface area (TPSA) is 95.2 Å². The fourth-order valence-electron chi connectivity index (χ4n) is 5.41. The average molecular weight is 481 g/mol. The van der Waals surface area contributed by atoms with Gasteiger partial charge in [0.1, 0.15) is 35.4 Å². The quantitative estimate of drug-likeness (QED) is 0.277. The molecule has 0 radical (unpaired) electrons. The Morgan fingerprint density at radius 2 is 0.763 bits per heavy atom. The minimum atomic E-state index is -0.00346. The van der Waals surface area contributed by atoms with Crippen LogP contribution < -0.4 is 0 Å². The molecule has 0 spiro atoms. The molecule has 0 aromatic heterocycles. The number of hydrogen-bond donors (Lipinski definition) is 0. The van der Waals surface area contributed by atoms with Crippen LogP contribution in [0.1, 0.15) is 22.3 Å². The van der Waals surface area contributed by atoms with Gasteiger partial charge in [-0.2, -0.15) is 21.0 Å². The van der Waals surface area contributed by atoms with Gasteiger partial charge in [0.05, 0.1) is 0 Å². The normalized spacial score (nSPS) is 12.4. The Morgan fingerprint density at radius 3 is 1.11 bits per heavy atom. The van der Waals surface area contributed by atoms with Crippen molar-refractivity contribution < 1.29 is 0 Å². The molecule has 0 saturated carbocycles. The maximum atomic E-state index is 9.96. The van der Waals surface area contributed by atoms with Crippen LogP contribution in [0, 0.1) is 45.3 Å². The van der Waals surface area contributed by atoms with Crippen LogP contribution in [0.25, 0.3) is 44.5 Å². The van der Waals surface area contributed by atoms with Gasteiger partial charge in [0.15, 0.2) is 0 Å². The summed E-state index contributed by atoms with van der Waals surface area (Å²) in [5.41, 5.74) is 9.52. The van der Waals surface area contributed by atoms with E-state index < -0.39 is 0 Å². The summed E-state index contributed by atoms with van der Waals surface area (Å²) in [6.45, 7) is 0. The Kier molecular flexibility index (Phi) is 5.29. The minimum absolute atomic E-state index is 0.00346. The molecule has 0 aliphatic heterocycles. The van der Waals surface area contributed by atoms with Gasteiger partial charge in [0.2, 0.25) is 0 Å². The van der Waals surface area contributed by atoms with Crippen LogP contribution in [-0.4, -0.2) is 0 Å². The van der Waals surface area contributed by atoms with Crippen molar-refractivity contribution in [2.24, 2.45) is 0 Å². The molecule has 0 amide bonds. The monoisotopic (exact) mass is 480 g/mol. The van der Waals surface area contributed by atoms with Gasteiger partial charge >= 0.3 is 0 Å². The second kappa shape index (κ2) is 8.93. The van der Waals surface area contributed by atoms with E-state index in [1.165, 1.54) is 0 Å². The third-order valence-electron chi connectivity index (χ3n) is 7.03. The molecule has 0 saturated heterocycles. The van der Waals surface area contributed by atoms with E-state index in [0.29, 0.717) is 11.1 Å². The van der Waals surface area contributed by atoms with Crippen molar-refractivity contribution >= 4 is 22.3 Å². The molecule has 4 nitrogen and oxygen atoms in total. The lowest BCUT2D eigenvalue weighted by atomic mass is 9.87. The molecule has 0 unspecified atom stereocenters. The molecule has 0 N–H and O–H groups in total. The molecule has 0 bridgehead atoms. The van der Waals surface area contributed by atoms with Gasteiger partial charge in [0, 0.05) is 22.3 Å². The van der Waals surface area contributed by atoms with Crippen LogP contribution >= 0.6 is 0 Å². The summed E-state index contributed by atoms with van der Waals surface area (Å²) in [5.74, 6) is 0. The third kappa shape index (κ3) is 3.27.